The summed E-state index contributed by atoms with van der Waals surface area (Å²) in [5, 5.41) is 3.84. The Morgan fingerprint density at radius 1 is 1.09 bits per heavy atom. The van der Waals surface area contributed by atoms with E-state index in [0.29, 0.717) is 29.2 Å². The number of allylic oxidation sites excluding steroid dienone is 1. The number of thiophene rings is 1. The molecule has 1 aliphatic carbocycles. The third kappa shape index (κ3) is 4.67. The summed E-state index contributed by atoms with van der Waals surface area (Å²) in [5.41, 5.74) is 3.23. The normalized spacial score (nSPS) is 23.9. The third-order valence-corrected chi connectivity index (χ3v) is 7.31. The predicted molar refractivity (Wildman–Crippen MR) is 133 cm³/mol. The van der Waals surface area contributed by atoms with Gasteiger partial charge in [0.2, 0.25) is 0 Å². The van der Waals surface area contributed by atoms with Gasteiger partial charge in [-0.2, -0.15) is 11.3 Å². The first-order valence-corrected chi connectivity index (χ1v) is 12.7. The van der Waals surface area contributed by atoms with Crippen molar-refractivity contribution in [2.75, 3.05) is 20.3 Å². The maximum absolute atomic E-state index is 14.2. The maximum atomic E-state index is 14.2. The van der Waals surface area contributed by atoms with Crippen molar-refractivity contribution in [2.45, 2.75) is 39.0 Å². The van der Waals surface area contributed by atoms with Crippen molar-refractivity contribution in [2.24, 2.45) is 16.8 Å². The van der Waals surface area contributed by atoms with Gasteiger partial charge in [0, 0.05) is 23.2 Å². The van der Waals surface area contributed by atoms with Crippen LogP contribution in [0.2, 0.25) is 0 Å². The van der Waals surface area contributed by atoms with Crippen molar-refractivity contribution in [3.63, 3.8) is 0 Å². The first-order chi connectivity index (χ1) is 16.9. The molecule has 35 heavy (non-hydrogen) atoms. The lowest BCUT2D eigenvalue weighted by Gasteiger charge is -2.41. The second-order valence-corrected chi connectivity index (χ2v) is 9.33. The molecule has 0 amide bonds. The molecule has 7 nitrogen and oxygen atoms in total. The van der Waals surface area contributed by atoms with Crippen LogP contribution in [-0.4, -0.2) is 43.8 Å². The first-order valence-electron chi connectivity index (χ1n) is 11.7. The molecule has 4 rings (SSSR count). The molecular formula is C27H29NO6S. The van der Waals surface area contributed by atoms with Gasteiger partial charge in [-0.05, 0) is 67.3 Å². The molecule has 2 heterocycles. The van der Waals surface area contributed by atoms with Gasteiger partial charge in [0.15, 0.2) is 5.78 Å². The molecule has 0 saturated heterocycles. The summed E-state index contributed by atoms with van der Waals surface area (Å²) < 4.78 is 16.1. The number of hydrogen-bond donors (Lipinski definition) is 0. The summed E-state index contributed by atoms with van der Waals surface area (Å²) >= 11 is 1.49. The number of esters is 2. The second kappa shape index (κ2) is 10.6. The van der Waals surface area contributed by atoms with Crippen LogP contribution in [0.25, 0.3) is 0 Å². The number of Topliss-reactive ketones (excluding diaryl/α,β-unsaturated/α-hetero) is 1. The molecule has 0 spiro atoms. The number of ketones is 1. The van der Waals surface area contributed by atoms with Gasteiger partial charge in [0.05, 0.1) is 31.8 Å². The predicted octanol–water partition coefficient (Wildman–Crippen LogP) is 4.68. The molecule has 4 atom stereocenters. The Morgan fingerprint density at radius 3 is 2.51 bits per heavy atom. The monoisotopic (exact) mass is 495 g/mol. The van der Waals surface area contributed by atoms with E-state index in [2.05, 4.69) is 0 Å². The van der Waals surface area contributed by atoms with Gasteiger partial charge < -0.3 is 14.2 Å². The standard InChI is InChI=1S/C27H29NO6S/c1-5-33-26(30)21-15(3)28-20-13-19(16-8-7-9-18(12-16)32-4)23(27(31)34-6-2)25(29)24(20)22(21)17-10-11-35-14-17/h7-12,14,19,22-24H,5-6,13H2,1-4H3/t19-,22+,23+,24?/m0/s1. The Kier molecular flexibility index (Phi) is 7.50. The van der Waals surface area contributed by atoms with Gasteiger partial charge in [-0.3, -0.25) is 14.6 Å². The zero-order valence-corrected chi connectivity index (χ0v) is 21.1. The Bertz CT molecular complexity index is 1180. The molecule has 1 saturated carbocycles. The molecule has 1 aliphatic heterocycles. The number of hydrogen-bond acceptors (Lipinski definition) is 8. The van der Waals surface area contributed by atoms with Crippen molar-refractivity contribution < 1.29 is 28.6 Å². The van der Waals surface area contributed by atoms with Crippen LogP contribution >= 0.6 is 11.3 Å². The average molecular weight is 496 g/mol. The smallest absolute Gasteiger partial charge is 0.336 e. The Balaban J connectivity index is 1.86. The molecule has 8 heteroatoms. The summed E-state index contributed by atoms with van der Waals surface area (Å²) in [5.74, 6) is -3.47. The van der Waals surface area contributed by atoms with E-state index in [1.165, 1.54) is 11.3 Å². The van der Waals surface area contributed by atoms with Crippen LogP contribution in [0.15, 0.2) is 57.4 Å². The third-order valence-electron chi connectivity index (χ3n) is 6.61. The summed E-state index contributed by atoms with van der Waals surface area (Å²) in [7, 11) is 1.58. The number of carbonyl (C=O) groups excluding carboxylic acids is 3. The van der Waals surface area contributed by atoms with E-state index in [1.54, 1.807) is 27.9 Å². The molecule has 1 aromatic heterocycles. The highest BCUT2D eigenvalue weighted by atomic mass is 32.1. The van der Waals surface area contributed by atoms with Crippen LogP contribution in [0.1, 0.15) is 50.2 Å². The Hall–Kier alpha value is -3.26. The van der Waals surface area contributed by atoms with E-state index < -0.39 is 35.6 Å². The molecule has 2 aliphatic rings. The highest BCUT2D eigenvalue weighted by Crippen LogP contribution is 2.48. The molecule has 0 N–H and O–H groups in total. The average Bonchev–Trinajstić information content (AvgIpc) is 3.38. The highest BCUT2D eigenvalue weighted by Gasteiger charge is 2.53. The van der Waals surface area contributed by atoms with Crippen molar-refractivity contribution in [3.05, 3.63) is 63.5 Å². The topological polar surface area (TPSA) is 91.3 Å². The number of aliphatic imine (C=N–C) groups is 1. The molecule has 0 bridgehead atoms. The van der Waals surface area contributed by atoms with E-state index in [-0.39, 0.29) is 19.0 Å². The molecule has 0 radical (unpaired) electrons. The van der Waals surface area contributed by atoms with Gasteiger partial charge in [-0.1, -0.05) is 12.1 Å². The van der Waals surface area contributed by atoms with Crippen LogP contribution in [0.4, 0.5) is 0 Å². The number of methoxy groups -OCH3 is 1. The summed E-state index contributed by atoms with van der Waals surface area (Å²) in [4.78, 5) is 45.1. The minimum atomic E-state index is -1.02. The number of fused-ring (bicyclic) bond motifs is 1. The summed E-state index contributed by atoms with van der Waals surface area (Å²) in [6.45, 7) is 5.62. The van der Waals surface area contributed by atoms with Gasteiger partial charge in [0.25, 0.3) is 0 Å². The lowest BCUT2D eigenvalue weighted by molar-refractivity contribution is -0.153. The van der Waals surface area contributed by atoms with Crippen molar-refractivity contribution in [1.29, 1.82) is 0 Å². The number of carbonyl (C=O) groups is 3. The summed E-state index contributed by atoms with van der Waals surface area (Å²) in [6, 6.07) is 9.30. The second-order valence-electron chi connectivity index (χ2n) is 8.55. The Morgan fingerprint density at radius 2 is 1.86 bits per heavy atom. The van der Waals surface area contributed by atoms with E-state index in [0.717, 1.165) is 11.1 Å². The SMILES string of the molecule is CCOC(=O)C1=C(C)N=C2C[C@@H](c3cccc(OC)c3)[C@@H](C(=O)OCC)C(=O)C2[C@@H]1c1ccsc1. The minimum Gasteiger partial charge on any atom is -0.497 e. The Labute approximate surface area is 208 Å². The zero-order valence-electron chi connectivity index (χ0n) is 20.3. The zero-order chi connectivity index (χ0) is 25.1. The van der Waals surface area contributed by atoms with E-state index in [9.17, 15) is 14.4 Å². The fourth-order valence-electron chi connectivity index (χ4n) is 5.15. The maximum Gasteiger partial charge on any atom is 0.336 e. The van der Waals surface area contributed by atoms with Crippen LogP contribution in [0.5, 0.6) is 5.75 Å². The lowest BCUT2D eigenvalue weighted by Crippen LogP contribution is -2.48. The molecular weight excluding hydrogens is 466 g/mol. The van der Waals surface area contributed by atoms with E-state index in [4.69, 9.17) is 19.2 Å². The van der Waals surface area contributed by atoms with Crippen LogP contribution < -0.4 is 4.74 Å². The van der Waals surface area contributed by atoms with E-state index >= 15 is 0 Å². The molecule has 2 aromatic rings. The van der Waals surface area contributed by atoms with E-state index in [1.807, 2.05) is 41.1 Å². The van der Waals surface area contributed by atoms with Crippen LogP contribution in [0.3, 0.4) is 0 Å². The van der Waals surface area contributed by atoms with Crippen molar-refractivity contribution >= 4 is 34.8 Å². The molecule has 1 unspecified atom stereocenters. The molecule has 1 aromatic carbocycles. The first kappa shape index (κ1) is 24.9. The fraction of sp³-hybridized carbons (Fsp3) is 0.407. The van der Waals surface area contributed by atoms with Crippen molar-refractivity contribution in [3.8, 4) is 5.75 Å². The number of ether oxygens (including phenoxy) is 3. The molecule has 1 fully saturated rings. The number of benzene rings is 1. The number of nitrogens with zero attached hydrogens (tertiary/aromatic N) is 1. The minimum absolute atomic E-state index is 0.167. The molecule has 184 valence electrons. The van der Waals surface area contributed by atoms with Gasteiger partial charge in [0.1, 0.15) is 11.7 Å². The van der Waals surface area contributed by atoms with Gasteiger partial charge in [-0.15, -0.1) is 0 Å². The summed E-state index contributed by atoms with van der Waals surface area (Å²) in [6.07, 6.45) is 0.390. The lowest BCUT2D eigenvalue weighted by atomic mass is 9.62. The van der Waals surface area contributed by atoms with Crippen molar-refractivity contribution in [1.82, 2.24) is 0 Å². The van der Waals surface area contributed by atoms with Crippen LogP contribution in [0, 0.1) is 11.8 Å². The van der Waals surface area contributed by atoms with Gasteiger partial charge >= 0.3 is 11.9 Å². The highest BCUT2D eigenvalue weighted by molar-refractivity contribution is 7.08. The number of rotatable bonds is 7. The fourth-order valence-corrected chi connectivity index (χ4v) is 5.85. The van der Waals surface area contributed by atoms with Gasteiger partial charge in [-0.25, -0.2) is 4.79 Å². The largest absolute Gasteiger partial charge is 0.497 e. The quantitative estimate of drug-likeness (QED) is 0.409. The van der Waals surface area contributed by atoms with Crippen LogP contribution in [-0.2, 0) is 23.9 Å².